The van der Waals surface area contributed by atoms with Crippen LogP contribution in [0.1, 0.15) is 31.2 Å². The number of nitriles is 1. The van der Waals surface area contributed by atoms with Gasteiger partial charge in [0.2, 0.25) is 0 Å². The lowest BCUT2D eigenvalue weighted by Crippen LogP contribution is -2.23. The summed E-state index contributed by atoms with van der Waals surface area (Å²) in [6, 6.07) is 7.45. The van der Waals surface area contributed by atoms with Gasteiger partial charge < -0.3 is 10.5 Å². The van der Waals surface area contributed by atoms with Gasteiger partial charge in [0.05, 0.1) is 5.56 Å². The molecule has 1 aromatic rings. The summed E-state index contributed by atoms with van der Waals surface area (Å²) < 4.78 is 6.01. The minimum absolute atomic E-state index is 0.310. The number of ether oxygens (including phenoxy) is 1. The molecule has 2 bridgehead atoms. The first-order chi connectivity index (χ1) is 8.26. The van der Waals surface area contributed by atoms with Crippen molar-refractivity contribution in [3.8, 4) is 11.8 Å². The Bertz CT molecular complexity index is 478. The van der Waals surface area contributed by atoms with Crippen molar-refractivity contribution < 1.29 is 4.74 Å². The molecule has 0 aliphatic heterocycles. The molecule has 0 spiro atoms. The van der Waals surface area contributed by atoms with Crippen molar-refractivity contribution in [3.63, 3.8) is 0 Å². The Morgan fingerprint density at radius 1 is 1.29 bits per heavy atom. The number of nitrogens with zero attached hydrogens (tertiary/aromatic N) is 1. The Morgan fingerprint density at radius 3 is 2.82 bits per heavy atom. The summed E-state index contributed by atoms with van der Waals surface area (Å²) in [5.41, 5.74) is 6.83. The fourth-order valence-corrected chi connectivity index (χ4v) is 3.23. The van der Waals surface area contributed by atoms with Crippen molar-refractivity contribution >= 4 is 5.69 Å². The average molecular weight is 228 g/mol. The molecule has 2 aliphatic carbocycles. The van der Waals surface area contributed by atoms with Crippen molar-refractivity contribution in [2.45, 2.75) is 31.8 Å². The van der Waals surface area contributed by atoms with E-state index in [1.165, 1.54) is 19.3 Å². The summed E-state index contributed by atoms with van der Waals surface area (Å²) in [5, 5.41) is 9.06. The number of nitrogen functional groups attached to an aromatic ring is 1. The standard InChI is InChI=1S/C14H16N2O/c15-8-11-7-12(16)3-4-13(11)17-14-6-9-1-2-10(14)5-9/h3-4,7,9-10,14H,1-2,5-6,16H2. The van der Waals surface area contributed by atoms with Crippen molar-refractivity contribution in [2.24, 2.45) is 11.8 Å². The number of hydrogen-bond donors (Lipinski definition) is 1. The van der Waals surface area contributed by atoms with Gasteiger partial charge in [-0.1, -0.05) is 0 Å². The van der Waals surface area contributed by atoms with Crippen LogP contribution >= 0.6 is 0 Å². The van der Waals surface area contributed by atoms with E-state index in [1.807, 2.05) is 6.07 Å². The molecule has 3 nitrogen and oxygen atoms in total. The van der Waals surface area contributed by atoms with Gasteiger partial charge in [-0.15, -0.1) is 0 Å². The van der Waals surface area contributed by atoms with E-state index in [1.54, 1.807) is 12.1 Å². The van der Waals surface area contributed by atoms with Gasteiger partial charge in [0.25, 0.3) is 0 Å². The Kier molecular flexibility index (Phi) is 2.44. The molecule has 88 valence electrons. The number of fused-ring (bicyclic) bond motifs is 2. The third-order valence-corrected chi connectivity index (χ3v) is 4.08. The van der Waals surface area contributed by atoms with E-state index < -0.39 is 0 Å². The van der Waals surface area contributed by atoms with Crippen LogP contribution in [0.2, 0.25) is 0 Å². The van der Waals surface area contributed by atoms with E-state index >= 15 is 0 Å². The first-order valence-electron chi connectivity index (χ1n) is 6.22. The predicted octanol–water partition coefficient (Wildman–Crippen LogP) is 2.71. The summed E-state index contributed by atoms with van der Waals surface area (Å²) in [6.45, 7) is 0. The number of benzene rings is 1. The van der Waals surface area contributed by atoms with Crippen LogP contribution in [0.25, 0.3) is 0 Å². The van der Waals surface area contributed by atoms with Crippen molar-refractivity contribution in [1.29, 1.82) is 5.26 Å². The predicted molar refractivity (Wildman–Crippen MR) is 65.4 cm³/mol. The van der Waals surface area contributed by atoms with Gasteiger partial charge in [-0.3, -0.25) is 0 Å². The van der Waals surface area contributed by atoms with Crippen LogP contribution in [0.5, 0.6) is 5.75 Å². The molecular weight excluding hydrogens is 212 g/mol. The van der Waals surface area contributed by atoms with Crippen LogP contribution in [-0.4, -0.2) is 6.10 Å². The molecule has 1 aromatic carbocycles. The molecule has 2 saturated carbocycles. The Labute approximate surface area is 101 Å². The van der Waals surface area contributed by atoms with E-state index in [4.69, 9.17) is 15.7 Å². The highest BCUT2D eigenvalue weighted by atomic mass is 16.5. The highest BCUT2D eigenvalue weighted by molar-refractivity contribution is 5.53. The first kappa shape index (κ1) is 10.5. The molecule has 3 unspecified atom stereocenters. The fourth-order valence-electron chi connectivity index (χ4n) is 3.23. The summed E-state index contributed by atoms with van der Waals surface area (Å²) in [7, 11) is 0. The number of nitrogens with two attached hydrogens (primary N) is 1. The van der Waals surface area contributed by atoms with Crippen LogP contribution in [0.3, 0.4) is 0 Å². The normalized spacial score (nSPS) is 30.2. The van der Waals surface area contributed by atoms with E-state index in [9.17, 15) is 0 Å². The second-order valence-electron chi connectivity index (χ2n) is 5.20. The third-order valence-electron chi connectivity index (χ3n) is 4.08. The second kappa shape index (κ2) is 3.96. The minimum Gasteiger partial charge on any atom is -0.489 e. The summed E-state index contributed by atoms with van der Waals surface area (Å²) in [4.78, 5) is 0. The molecule has 2 N–H and O–H groups in total. The molecule has 0 heterocycles. The van der Waals surface area contributed by atoms with Gasteiger partial charge >= 0.3 is 0 Å². The SMILES string of the molecule is N#Cc1cc(N)ccc1OC1CC2CCC1C2. The zero-order chi connectivity index (χ0) is 11.8. The summed E-state index contributed by atoms with van der Waals surface area (Å²) >= 11 is 0. The molecule has 0 aromatic heterocycles. The van der Waals surface area contributed by atoms with Crippen LogP contribution in [0, 0.1) is 23.2 Å². The smallest absolute Gasteiger partial charge is 0.137 e. The molecule has 0 saturated heterocycles. The van der Waals surface area contributed by atoms with Gasteiger partial charge in [-0.25, -0.2) is 0 Å². The maximum atomic E-state index is 9.06. The largest absolute Gasteiger partial charge is 0.489 e. The van der Waals surface area contributed by atoms with Crippen molar-refractivity contribution in [1.82, 2.24) is 0 Å². The average Bonchev–Trinajstić information content (AvgIpc) is 2.93. The molecule has 17 heavy (non-hydrogen) atoms. The van der Waals surface area contributed by atoms with Gasteiger partial charge in [0.15, 0.2) is 0 Å². The van der Waals surface area contributed by atoms with Crippen molar-refractivity contribution in [2.75, 3.05) is 5.73 Å². The molecule has 0 radical (unpaired) electrons. The summed E-state index contributed by atoms with van der Waals surface area (Å²) in [6.07, 6.45) is 5.41. The van der Waals surface area contributed by atoms with Crippen LogP contribution in [0.15, 0.2) is 18.2 Å². The van der Waals surface area contributed by atoms with Crippen molar-refractivity contribution in [3.05, 3.63) is 23.8 Å². The highest BCUT2D eigenvalue weighted by Crippen LogP contribution is 2.46. The molecule has 2 fully saturated rings. The van der Waals surface area contributed by atoms with Gasteiger partial charge in [0.1, 0.15) is 17.9 Å². The molecule has 3 rings (SSSR count). The van der Waals surface area contributed by atoms with E-state index in [2.05, 4.69) is 6.07 Å². The fraction of sp³-hybridized carbons (Fsp3) is 0.500. The minimum atomic E-state index is 0.310. The van der Waals surface area contributed by atoms with Crippen LogP contribution in [0.4, 0.5) is 5.69 Å². The third kappa shape index (κ3) is 1.84. The van der Waals surface area contributed by atoms with E-state index in [-0.39, 0.29) is 0 Å². The topological polar surface area (TPSA) is 59.0 Å². The molecule has 0 amide bonds. The first-order valence-corrected chi connectivity index (χ1v) is 6.22. The maximum absolute atomic E-state index is 9.06. The Balaban J connectivity index is 1.79. The van der Waals surface area contributed by atoms with E-state index in [0.717, 1.165) is 12.3 Å². The molecular formula is C14H16N2O. The quantitative estimate of drug-likeness (QED) is 0.792. The molecule has 3 atom stereocenters. The van der Waals surface area contributed by atoms with Gasteiger partial charge in [-0.2, -0.15) is 5.26 Å². The zero-order valence-corrected chi connectivity index (χ0v) is 9.73. The molecule has 3 heteroatoms. The maximum Gasteiger partial charge on any atom is 0.137 e. The summed E-state index contributed by atoms with van der Waals surface area (Å²) in [5.74, 6) is 2.24. The number of anilines is 1. The number of hydrogen-bond acceptors (Lipinski definition) is 3. The Morgan fingerprint density at radius 2 is 2.18 bits per heavy atom. The van der Waals surface area contributed by atoms with Gasteiger partial charge in [0, 0.05) is 5.69 Å². The lowest BCUT2D eigenvalue weighted by molar-refractivity contribution is 0.138. The second-order valence-corrected chi connectivity index (χ2v) is 5.20. The number of rotatable bonds is 2. The lowest BCUT2D eigenvalue weighted by Gasteiger charge is -2.23. The van der Waals surface area contributed by atoms with Crippen LogP contribution in [-0.2, 0) is 0 Å². The van der Waals surface area contributed by atoms with Crippen LogP contribution < -0.4 is 10.5 Å². The monoisotopic (exact) mass is 228 g/mol. The van der Waals surface area contributed by atoms with E-state index in [0.29, 0.717) is 29.0 Å². The van der Waals surface area contributed by atoms with Gasteiger partial charge in [-0.05, 0) is 55.7 Å². The lowest BCUT2D eigenvalue weighted by atomic mass is 9.97. The molecule has 2 aliphatic rings. The zero-order valence-electron chi connectivity index (χ0n) is 9.73. The highest BCUT2D eigenvalue weighted by Gasteiger charge is 2.41. The Hall–Kier alpha value is -1.69.